The molecule has 2 rings (SSSR count). The molecule has 0 unspecified atom stereocenters. The Morgan fingerprint density at radius 2 is 2.17 bits per heavy atom. The molecule has 0 spiro atoms. The highest BCUT2D eigenvalue weighted by Crippen LogP contribution is 2.30. The van der Waals surface area contributed by atoms with Crippen molar-refractivity contribution in [2.75, 3.05) is 18.2 Å². The number of aromatic nitrogens is 2. The minimum Gasteiger partial charge on any atom is -0.495 e. The number of nitrogens with zero attached hydrogens (tertiary/aromatic N) is 2. The Morgan fingerprint density at radius 1 is 1.39 bits per heavy atom. The van der Waals surface area contributed by atoms with Gasteiger partial charge in [-0.05, 0) is 25.1 Å². The molecule has 0 aliphatic heterocycles. The Kier molecular flexibility index (Phi) is 3.53. The van der Waals surface area contributed by atoms with E-state index in [4.69, 9.17) is 22.1 Å². The third kappa shape index (κ3) is 2.62. The van der Waals surface area contributed by atoms with Crippen LogP contribution in [-0.4, -0.2) is 17.1 Å². The average molecular weight is 265 g/mol. The molecule has 0 aliphatic carbocycles. The van der Waals surface area contributed by atoms with Gasteiger partial charge >= 0.3 is 0 Å². The van der Waals surface area contributed by atoms with Gasteiger partial charge in [0.25, 0.3) is 0 Å². The summed E-state index contributed by atoms with van der Waals surface area (Å²) in [5, 5.41) is 3.74. The van der Waals surface area contributed by atoms with Crippen LogP contribution in [0.5, 0.6) is 5.75 Å². The lowest BCUT2D eigenvalue weighted by Gasteiger charge is -2.12. The third-order valence-corrected chi connectivity index (χ3v) is 2.64. The largest absolute Gasteiger partial charge is 0.495 e. The van der Waals surface area contributed by atoms with E-state index in [1.807, 2.05) is 6.92 Å². The van der Waals surface area contributed by atoms with Crippen molar-refractivity contribution in [3.05, 3.63) is 35.0 Å². The van der Waals surface area contributed by atoms with Gasteiger partial charge in [0.1, 0.15) is 11.6 Å². The third-order valence-electron chi connectivity index (χ3n) is 2.40. The molecule has 94 valence electrons. The van der Waals surface area contributed by atoms with Gasteiger partial charge in [0, 0.05) is 16.8 Å². The number of aryl methyl sites for hydroxylation is 1. The van der Waals surface area contributed by atoms with Gasteiger partial charge in [-0.15, -0.1) is 0 Å². The second-order valence-electron chi connectivity index (χ2n) is 3.73. The molecule has 0 radical (unpaired) electrons. The molecule has 1 aromatic heterocycles. The molecule has 1 aromatic carbocycles. The number of methoxy groups -OCH3 is 1. The van der Waals surface area contributed by atoms with Crippen LogP contribution in [0.4, 0.5) is 17.5 Å². The van der Waals surface area contributed by atoms with Crippen LogP contribution in [0.2, 0.25) is 5.02 Å². The number of halogens is 1. The molecule has 2 aromatic rings. The molecule has 6 heteroatoms. The van der Waals surface area contributed by atoms with Gasteiger partial charge < -0.3 is 15.8 Å². The van der Waals surface area contributed by atoms with Crippen LogP contribution in [0.15, 0.2) is 24.4 Å². The van der Waals surface area contributed by atoms with E-state index in [0.717, 1.165) is 11.3 Å². The van der Waals surface area contributed by atoms with Crippen molar-refractivity contribution in [1.29, 1.82) is 0 Å². The van der Waals surface area contributed by atoms with Crippen molar-refractivity contribution in [2.24, 2.45) is 0 Å². The van der Waals surface area contributed by atoms with Gasteiger partial charge in [0.2, 0.25) is 5.95 Å². The van der Waals surface area contributed by atoms with E-state index in [1.165, 1.54) is 0 Å². The fourth-order valence-corrected chi connectivity index (χ4v) is 1.66. The van der Waals surface area contributed by atoms with Gasteiger partial charge in [-0.25, -0.2) is 4.98 Å². The number of ether oxygens (including phenoxy) is 1. The van der Waals surface area contributed by atoms with Crippen molar-refractivity contribution in [3.8, 4) is 5.75 Å². The summed E-state index contributed by atoms with van der Waals surface area (Å²) in [6, 6.07) is 5.30. The maximum Gasteiger partial charge on any atom is 0.221 e. The quantitative estimate of drug-likeness (QED) is 0.892. The van der Waals surface area contributed by atoms with E-state index in [1.54, 1.807) is 31.5 Å². The Hall–Kier alpha value is -2.01. The first kappa shape index (κ1) is 12.4. The molecule has 0 aliphatic rings. The van der Waals surface area contributed by atoms with Crippen LogP contribution in [0, 0.1) is 6.92 Å². The number of hydrogen-bond acceptors (Lipinski definition) is 5. The smallest absolute Gasteiger partial charge is 0.221 e. The van der Waals surface area contributed by atoms with Crippen LogP contribution < -0.4 is 15.8 Å². The van der Waals surface area contributed by atoms with E-state index >= 15 is 0 Å². The molecule has 1 heterocycles. The molecule has 0 saturated carbocycles. The second-order valence-corrected chi connectivity index (χ2v) is 4.17. The van der Waals surface area contributed by atoms with E-state index < -0.39 is 0 Å². The summed E-state index contributed by atoms with van der Waals surface area (Å²) < 4.78 is 5.25. The fourth-order valence-electron chi connectivity index (χ4n) is 1.49. The number of rotatable bonds is 3. The minimum absolute atomic E-state index is 0.212. The summed E-state index contributed by atoms with van der Waals surface area (Å²) in [6.45, 7) is 1.89. The highest BCUT2D eigenvalue weighted by atomic mass is 35.5. The van der Waals surface area contributed by atoms with Crippen molar-refractivity contribution < 1.29 is 4.74 Å². The lowest BCUT2D eigenvalue weighted by molar-refractivity contribution is 0.417. The molecule has 3 N–H and O–H groups in total. The standard InChI is InChI=1S/C12H13ClN4O/c1-7-6-15-12(14)17-11(7)16-9-5-8(13)3-4-10(9)18-2/h3-6H,1-2H3,(H3,14,15,16,17). The number of nitrogens with two attached hydrogens (primary N) is 1. The van der Waals surface area contributed by atoms with E-state index in [0.29, 0.717) is 16.6 Å². The van der Waals surface area contributed by atoms with Crippen molar-refractivity contribution >= 4 is 29.1 Å². The fraction of sp³-hybridized carbons (Fsp3) is 0.167. The van der Waals surface area contributed by atoms with Crippen LogP contribution >= 0.6 is 11.6 Å². The van der Waals surface area contributed by atoms with Crippen LogP contribution in [0.25, 0.3) is 0 Å². The van der Waals surface area contributed by atoms with Gasteiger partial charge in [-0.3, -0.25) is 0 Å². The Morgan fingerprint density at radius 3 is 2.89 bits per heavy atom. The van der Waals surface area contributed by atoms with Gasteiger partial charge in [-0.1, -0.05) is 11.6 Å². The number of anilines is 3. The minimum atomic E-state index is 0.212. The lowest BCUT2D eigenvalue weighted by Crippen LogP contribution is -2.03. The maximum atomic E-state index is 5.96. The summed E-state index contributed by atoms with van der Waals surface area (Å²) in [7, 11) is 1.59. The van der Waals surface area contributed by atoms with Gasteiger partial charge in [-0.2, -0.15) is 4.98 Å². The zero-order chi connectivity index (χ0) is 13.1. The first-order valence-electron chi connectivity index (χ1n) is 5.30. The molecule has 0 atom stereocenters. The molecule has 5 nitrogen and oxygen atoms in total. The van der Waals surface area contributed by atoms with Crippen molar-refractivity contribution in [2.45, 2.75) is 6.92 Å². The van der Waals surface area contributed by atoms with E-state index in [2.05, 4.69) is 15.3 Å². The van der Waals surface area contributed by atoms with Crippen molar-refractivity contribution in [3.63, 3.8) is 0 Å². The first-order chi connectivity index (χ1) is 8.60. The number of nitrogen functional groups attached to an aromatic ring is 1. The summed E-state index contributed by atoms with van der Waals surface area (Å²) >= 11 is 5.96. The Bertz CT molecular complexity index is 574. The zero-order valence-electron chi connectivity index (χ0n) is 10.1. The maximum absolute atomic E-state index is 5.96. The highest BCUT2D eigenvalue weighted by molar-refractivity contribution is 6.31. The molecular weight excluding hydrogens is 252 g/mol. The number of nitrogens with one attached hydrogen (secondary N) is 1. The van der Waals surface area contributed by atoms with Crippen LogP contribution in [0.3, 0.4) is 0 Å². The van der Waals surface area contributed by atoms with Crippen molar-refractivity contribution in [1.82, 2.24) is 9.97 Å². The lowest BCUT2D eigenvalue weighted by atomic mass is 10.2. The van der Waals surface area contributed by atoms with E-state index in [9.17, 15) is 0 Å². The second kappa shape index (κ2) is 5.10. The molecule has 18 heavy (non-hydrogen) atoms. The first-order valence-corrected chi connectivity index (χ1v) is 5.67. The summed E-state index contributed by atoms with van der Waals surface area (Å²) in [5.74, 6) is 1.52. The SMILES string of the molecule is COc1ccc(Cl)cc1Nc1nc(N)ncc1C. The Balaban J connectivity index is 2.38. The Labute approximate surface area is 110 Å². The predicted molar refractivity (Wildman–Crippen MR) is 72.5 cm³/mol. The van der Waals surface area contributed by atoms with Crippen LogP contribution in [0.1, 0.15) is 5.56 Å². The zero-order valence-corrected chi connectivity index (χ0v) is 10.8. The normalized spacial score (nSPS) is 10.2. The summed E-state index contributed by atoms with van der Waals surface area (Å²) in [4.78, 5) is 8.04. The molecule has 0 amide bonds. The van der Waals surface area contributed by atoms with Gasteiger partial charge in [0.15, 0.2) is 0 Å². The molecule has 0 saturated heterocycles. The monoisotopic (exact) mass is 264 g/mol. The summed E-state index contributed by atoms with van der Waals surface area (Å²) in [6.07, 6.45) is 1.65. The van der Waals surface area contributed by atoms with Gasteiger partial charge in [0.05, 0.1) is 12.8 Å². The summed E-state index contributed by atoms with van der Waals surface area (Å²) in [5.41, 5.74) is 7.17. The van der Waals surface area contributed by atoms with E-state index in [-0.39, 0.29) is 5.95 Å². The molecule has 0 fully saturated rings. The molecular formula is C12H13ClN4O. The predicted octanol–water partition coefficient (Wildman–Crippen LogP) is 2.77. The van der Waals surface area contributed by atoms with Crippen LogP contribution in [-0.2, 0) is 0 Å². The number of benzene rings is 1. The average Bonchev–Trinajstić information content (AvgIpc) is 2.34. The highest BCUT2D eigenvalue weighted by Gasteiger charge is 2.07. The topological polar surface area (TPSA) is 73.1 Å². The molecule has 0 bridgehead atoms. The number of hydrogen-bond donors (Lipinski definition) is 2.